The Morgan fingerprint density at radius 2 is 1.85 bits per heavy atom. The summed E-state index contributed by atoms with van der Waals surface area (Å²) >= 11 is 0. The molecule has 3 rings (SSSR count). The molecule has 4 heteroatoms. The largest absolute Gasteiger partial charge is 0.381 e. The van der Waals surface area contributed by atoms with E-state index in [1.54, 1.807) is 12.1 Å². The fourth-order valence-electron chi connectivity index (χ4n) is 2.41. The molecular formula is C16H17N3O. The first kappa shape index (κ1) is 12.7. The Hall–Kier alpha value is -2.33. The van der Waals surface area contributed by atoms with E-state index in [0.29, 0.717) is 5.56 Å². The third-order valence-corrected chi connectivity index (χ3v) is 3.57. The van der Waals surface area contributed by atoms with Crippen molar-refractivity contribution in [2.75, 3.05) is 5.32 Å². The van der Waals surface area contributed by atoms with Crippen LogP contribution in [-0.4, -0.2) is 5.91 Å². The highest BCUT2D eigenvalue weighted by Gasteiger charge is 2.09. The smallest absolute Gasteiger partial charge is 0.248 e. The van der Waals surface area contributed by atoms with Crippen molar-refractivity contribution in [2.24, 2.45) is 5.73 Å². The van der Waals surface area contributed by atoms with Crippen LogP contribution >= 0.6 is 0 Å². The summed E-state index contributed by atoms with van der Waals surface area (Å²) in [6, 6.07) is 13.8. The first-order valence-corrected chi connectivity index (χ1v) is 6.67. The molecule has 0 fully saturated rings. The number of benzene rings is 2. The van der Waals surface area contributed by atoms with Gasteiger partial charge in [0.15, 0.2) is 0 Å². The molecule has 2 aromatic carbocycles. The van der Waals surface area contributed by atoms with Gasteiger partial charge < -0.3 is 16.4 Å². The average Bonchev–Trinajstić information content (AvgIpc) is 2.93. The topological polar surface area (TPSA) is 67.2 Å². The van der Waals surface area contributed by atoms with E-state index in [1.807, 2.05) is 12.1 Å². The lowest BCUT2D eigenvalue weighted by atomic mass is 10.1. The zero-order valence-electron chi connectivity index (χ0n) is 11.1. The van der Waals surface area contributed by atoms with Gasteiger partial charge in [-0.3, -0.25) is 4.79 Å². The molecule has 0 saturated heterocycles. The quantitative estimate of drug-likeness (QED) is 0.793. The molecular weight excluding hydrogens is 250 g/mol. The minimum absolute atomic E-state index is 0.400. The van der Waals surface area contributed by atoms with Gasteiger partial charge in [-0.15, -0.1) is 0 Å². The monoisotopic (exact) mass is 267 g/mol. The van der Waals surface area contributed by atoms with E-state index in [4.69, 9.17) is 5.73 Å². The Morgan fingerprint density at radius 1 is 1.10 bits per heavy atom. The van der Waals surface area contributed by atoms with E-state index in [0.717, 1.165) is 25.3 Å². The second kappa shape index (κ2) is 5.35. The number of amides is 1. The number of hydrogen-bond acceptors (Lipinski definition) is 3. The fourth-order valence-corrected chi connectivity index (χ4v) is 2.41. The summed E-state index contributed by atoms with van der Waals surface area (Å²) in [5.74, 6) is -0.400. The Kier molecular flexibility index (Phi) is 3.39. The minimum Gasteiger partial charge on any atom is -0.381 e. The number of rotatable bonds is 4. The second-order valence-corrected chi connectivity index (χ2v) is 5.00. The molecule has 0 aromatic heterocycles. The Balaban J connectivity index is 1.65. The van der Waals surface area contributed by atoms with Crippen LogP contribution in [0.2, 0.25) is 0 Å². The summed E-state index contributed by atoms with van der Waals surface area (Å²) in [6.45, 7) is 2.69. The fraction of sp³-hybridized carbons (Fsp3) is 0.188. The molecule has 0 atom stereocenters. The zero-order valence-corrected chi connectivity index (χ0v) is 11.1. The Morgan fingerprint density at radius 3 is 2.60 bits per heavy atom. The van der Waals surface area contributed by atoms with Gasteiger partial charge in [-0.1, -0.05) is 18.2 Å². The van der Waals surface area contributed by atoms with E-state index in [-0.39, 0.29) is 0 Å². The van der Waals surface area contributed by atoms with Crippen LogP contribution in [0.4, 0.5) is 5.69 Å². The van der Waals surface area contributed by atoms with Crippen molar-refractivity contribution in [2.45, 2.75) is 19.6 Å². The van der Waals surface area contributed by atoms with Crippen molar-refractivity contribution < 1.29 is 4.79 Å². The second-order valence-electron chi connectivity index (χ2n) is 5.00. The maximum absolute atomic E-state index is 11.0. The molecule has 0 radical (unpaired) electrons. The third-order valence-electron chi connectivity index (χ3n) is 3.57. The zero-order chi connectivity index (χ0) is 13.9. The molecule has 1 aliphatic rings. The number of primary amides is 1. The maximum atomic E-state index is 11.0. The number of hydrogen-bond donors (Lipinski definition) is 3. The van der Waals surface area contributed by atoms with Gasteiger partial charge in [0.2, 0.25) is 5.91 Å². The summed E-state index contributed by atoms with van der Waals surface area (Å²) in [5, 5.41) is 6.69. The van der Waals surface area contributed by atoms with Crippen molar-refractivity contribution in [3.8, 4) is 0 Å². The van der Waals surface area contributed by atoms with Crippen LogP contribution in [0.15, 0.2) is 42.5 Å². The molecule has 0 bridgehead atoms. The maximum Gasteiger partial charge on any atom is 0.248 e. The lowest BCUT2D eigenvalue weighted by molar-refractivity contribution is 0.100. The number of nitrogens with one attached hydrogen (secondary N) is 2. The molecule has 2 aromatic rings. The van der Waals surface area contributed by atoms with Crippen LogP contribution in [0, 0.1) is 0 Å². The molecule has 0 spiro atoms. The predicted octanol–water partition coefficient (Wildman–Crippen LogP) is 2.00. The lowest BCUT2D eigenvalue weighted by Gasteiger charge is -2.08. The summed E-state index contributed by atoms with van der Waals surface area (Å²) in [6.07, 6.45) is 0. The highest BCUT2D eigenvalue weighted by atomic mass is 16.1. The summed E-state index contributed by atoms with van der Waals surface area (Å²) in [7, 11) is 0. The molecule has 1 aliphatic heterocycles. The van der Waals surface area contributed by atoms with E-state index < -0.39 is 5.91 Å². The van der Waals surface area contributed by atoms with E-state index in [1.165, 1.54) is 16.7 Å². The number of carbonyl (C=O) groups is 1. The Bertz CT molecular complexity index is 635. The van der Waals surface area contributed by atoms with Gasteiger partial charge in [0.05, 0.1) is 0 Å². The Labute approximate surface area is 118 Å². The van der Waals surface area contributed by atoms with Gasteiger partial charge in [0.1, 0.15) is 0 Å². The predicted molar refractivity (Wildman–Crippen MR) is 79.3 cm³/mol. The molecule has 102 valence electrons. The van der Waals surface area contributed by atoms with Crippen LogP contribution in [0.3, 0.4) is 0 Å². The van der Waals surface area contributed by atoms with Crippen molar-refractivity contribution in [1.82, 2.24) is 5.32 Å². The molecule has 4 N–H and O–H groups in total. The first-order valence-electron chi connectivity index (χ1n) is 6.67. The standard InChI is InChI=1S/C16H17N3O/c17-16(20)12-3-5-15(6-4-12)19-8-11-1-2-13-9-18-10-14(13)7-11/h1-7,18-19H,8-10H2,(H2,17,20). The molecule has 0 aliphatic carbocycles. The molecule has 0 saturated carbocycles. The van der Waals surface area contributed by atoms with Gasteiger partial charge in [0.25, 0.3) is 0 Å². The number of nitrogens with two attached hydrogens (primary N) is 1. The minimum atomic E-state index is -0.400. The summed E-state index contributed by atoms with van der Waals surface area (Å²) in [5.41, 5.74) is 10.7. The summed E-state index contributed by atoms with van der Waals surface area (Å²) < 4.78 is 0. The van der Waals surface area contributed by atoms with Crippen molar-refractivity contribution in [3.63, 3.8) is 0 Å². The third kappa shape index (κ3) is 2.65. The van der Waals surface area contributed by atoms with Gasteiger partial charge in [0, 0.05) is 30.9 Å². The highest BCUT2D eigenvalue weighted by Crippen LogP contribution is 2.18. The molecule has 0 unspecified atom stereocenters. The number of carbonyl (C=O) groups excluding carboxylic acids is 1. The van der Waals surface area contributed by atoms with Crippen LogP contribution in [0.1, 0.15) is 27.0 Å². The lowest BCUT2D eigenvalue weighted by Crippen LogP contribution is -2.10. The number of fused-ring (bicyclic) bond motifs is 1. The van der Waals surface area contributed by atoms with Crippen molar-refractivity contribution in [3.05, 3.63) is 64.7 Å². The van der Waals surface area contributed by atoms with Gasteiger partial charge in [-0.2, -0.15) is 0 Å². The average molecular weight is 267 g/mol. The SMILES string of the molecule is NC(=O)c1ccc(NCc2ccc3c(c2)CNC3)cc1. The molecule has 20 heavy (non-hydrogen) atoms. The summed E-state index contributed by atoms with van der Waals surface area (Å²) in [4.78, 5) is 11.0. The van der Waals surface area contributed by atoms with Crippen LogP contribution in [-0.2, 0) is 19.6 Å². The van der Waals surface area contributed by atoms with E-state index in [9.17, 15) is 4.79 Å². The normalized spacial score (nSPS) is 13.0. The van der Waals surface area contributed by atoms with Gasteiger partial charge >= 0.3 is 0 Å². The van der Waals surface area contributed by atoms with E-state index in [2.05, 4.69) is 28.8 Å². The van der Waals surface area contributed by atoms with Crippen LogP contribution in [0.25, 0.3) is 0 Å². The van der Waals surface area contributed by atoms with Gasteiger partial charge in [-0.05, 0) is 41.0 Å². The molecule has 1 amide bonds. The van der Waals surface area contributed by atoms with Crippen molar-refractivity contribution in [1.29, 1.82) is 0 Å². The number of anilines is 1. The highest BCUT2D eigenvalue weighted by molar-refractivity contribution is 5.93. The van der Waals surface area contributed by atoms with Crippen molar-refractivity contribution >= 4 is 11.6 Å². The van der Waals surface area contributed by atoms with E-state index >= 15 is 0 Å². The van der Waals surface area contributed by atoms with Crippen LogP contribution < -0.4 is 16.4 Å². The molecule has 1 heterocycles. The van der Waals surface area contributed by atoms with Crippen LogP contribution in [0.5, 0.6) is 0 Å². The van der Waals surface area contributed by atoms with Gasteiger partial charge in [-0.25, -0.2) is 0 Å². The first-order chi connectivity index (χ1) is 9.72. The molecule has 4 nitrogen and oxygen atoms in total.